The summed E-state index contributed by atoms with van der Waals surface area (Å²) in [6, 6.07) is 0. The Morgan fingerprint density at radius 3 is 2.56 bits per heavy atom. The Morgan fingerprint density at radius 1 is 0.978 bits per heavy atom. The van der Waals surface area contributed by atoms with Crippen molar-refractivity contribution in [1.82, 2.24) is 29.1 Å². The number of ether oxygens (including phenoxy) is 3. The normalized spacial score (nSPS) is 39.1. The lowest BCUT2D eigenvalue weighted by molar-refractivity contribution is -0.0574. The van der Waals surface area contributed by atoms with Crippen molar-refractivity contribution in [2.24, 2.45) is 4.99 Å². The number of nitrogens with two attached hydrogens (primary N) is 1. The van der Waals surface area contributed by atoms with Gasteiger partial charge in [0.15, 0.2) is 53.6 Å². The van der Waals surface area contributed by atoms with Gasteiger partial charge in [0.2, 0.25) is 0 Å². The summed E-state index contributed by atoms with van der Waals surface area (Å²) in [5.41, 5.74) is 6.16. The van der Waals surface area contributed by atoms with Crippen molar-refractivity contribution in [3.8, 4) is 0 Å². The number of Topliss-reactive ketones (excluding diaryl/α,β-unsaturated/α-hetero) is 1. The molecule has 0 saturated carbocycles. The summed E-state index contributed by atoms with van der Waals surface area (Å²) in [6.07, 6.45) is -9.12. The van der Waals surface area contributed by atoms with Crippen LogP contribution in [0.25, 0.3) is 11.2 Å². The highest BCUT2D eigenvalue weighted by Gasteiger charge is 2.53. The maximum absolute atomic E-state index is 15.9. The van der Waals surface area contributed by atoms with E-state index in [9.17, 15) is 19.1 Å². The molecule has 2 unspecified atom stereocenters. The number of anilines is 1. The third-order valence-corrected chi connectivity index (χ3v) is 10.1. The minimum absolute atomic E-state index is 0.0112. The Bertz CT molecular complexity index is 1780. The number of halogens is 2. The molecule has 23 heteroatoms. The van der Waals surface area contributed by atoms with Crippen LogP contribution in [0.15, 0.2) is 24.0 Å². The maximum Gasteiger partial charge on any atom is 0.353 e. The van der Waals surface area contributed by atoms with E-state index in [0.29, 0.717) is 0 Å². The number of imidazole rings is 2. The quantitative estimate of drug-likeness (QED) is 0.321. The highest BCUT2D eigenvalue weighted by Crippen LogP contribution is 2.53. The van der Waals surface area contributed by atoms with E-state index in [2.05, 4.69) is 24.9 Å². The standard InChI is InChI=1S/C22H24F2N8O10P2S/c23-12-10-3-38-43(34,35)8-37-16-11(41-21(13(16)24)31-7-30-15-18(25)27-5-28-20(15)31)4-39-44(36,45)42-17(12)22(40-10)32-6-29-14-9(33)1-2-26-19(14)32/h2,5-7,10-13,16-17,21-22H,1,3-4,8H2,(H,34,35)(H,36,45)(H2,25,27,28)/t10-,11-,12-,13-,16-,17-,21-,22-,44?/m1/s1. The summed E-state index contributed by atoms with van der Waals surface area (Å²) in [7, 11) is -4.63. The zero-order chi connectivity index (χ0) is 31.7. The van der Waals surface area contributed by atoms with Crippen molar-refractivity contribution in [3.05, 3.63) is 24.7 Å². The molecule has 4 N–H and O–H groups in total. The molecule has 7 heterocycles. The van der Waals surface area contributed by atoms with E-state index < -0.39 is 83.1 Å². The number of nitrogen functional groups attached to an aromatic ring is 1. The van der Waals surface area contributed by atoms with Crippen molar-refractivity contribution in [3.63, 3.8) is 0 Å². The molecule has 2 bridgehead atoms. The first-order valence-electron chi connectivity index (χ1n) is 13.3. The van der Waals surface area contributed by atoms with E-state index in [1.807, 2.05) is 0 Å². The first kappa shape index (κ1) is 30.9. The predicted octanol–water partition coefficient (Wildman–Crippen LogP) is 1.24. The van der Waals surface area contributed by atoms with Gasteiger partial charge < -0.3 is 38.8 Å². The Kier molecular flexibility index (Phi) is 7.93. The van der Waals surface area contributed by atoms with Gasteiger partial charge in [-0.3, -0.25) is 23.0 Å². The van der Waals surface area contributed by atoms with Gasteiger partial charge in [-0.25, -0.2) is 33.7 Å². The number of aliphatic imine (C=N–C) groups is 1. The molecular formula is C22H24F2N8O10P2S. The topological polar surface area (TPSA) is 230 Å². The molecule has 0 aromatic carbocycles. The van der Waals surface area contributed by atoms with Crippen molar-refractivity contribution >= 4 is 60.9 Å². The zero-order valence-corrected chi connectivity index (χ0v) is 25.3. The summed E-state index contributed by atoms with van der Waals surface area (Å²) in [5, 5.41) is 0. The first-order chi connectivity index (χ1) is 21.4. The Morgan fingerprint density at radius 2 is 1.73 bits per heavy atom. The predicted molar refractivity (Wildman–Crippen MR) is 150 cm³/mol. The lowest BCUT2D eigenvalue weighted by Gasteiger charge is -2.27. The van der Waals surface area contributed by atoms with Crippen LogP contribution in [0.1, 0.15) is 29.4 Å². The molecule has 0 aliphatic carbocycles. The number of alkyl halides is 2. The van der Waals surface area contributed by atoms with Gasteiger partial charge in [-0.2, -0.15) is 0 Å². The van der Waals surface area contributed by atoms with E-state index in [1.54, 1.807) is 0 Å². The summed E-state index contributed by atoms with van der Waals surface area (Å²) < 4.78 is 80.4. The van der Waals surface area contributed by atoms with Crippen LogP contribution in [-0.2, 0) is 44.2 Å². The second-order valence-corrected chi connectivity index (χ2v) is 15.0. The number of ketones is 1. The molecule has 0 spiro atoms. The van der Waals surface area contributed by atoms with Gasteiger partial charge in [-0.15, -0.1) is 0 Å². The van der Waals surface area contributed by atoms with Crippen molar-refractivity contribution in [2.75, 3.05) is 25.3 Å². The third kappa shape index (κ3) is 5.65. The molecule has 4 aliphatic rings. The van der Waals surface area contributed by atoms with Crippen LogP contribution in [-0.4, -0.2) is 107 Å². The molecule has 3 aromatic rings. The number of hydrogen-bond acceptors (Lipinski definition) is 15. The molecule has 18 nitrogen and oxygen atoms in total. The van der Waals surface area contributed by atoms with Crippen molar-refractivity contribution < 1.29 is 55.7 Å². The minimum atomic E-state index is -4.63. The highest BCUT2D eigenvalue weighted by molar-refractivity contribution is 8.07. The van der Waals surface area contributed by atoms with Gasteiger partial charge in [0.25, 0.3) is 0 Å². The smallest absolute Gasteiger partial charge is 0.353 e. The molecular weight excluding hydrogens is 668 g/mol. The Labute approximate surface area is 256 Å². The van der Waals surface area contributed by atoms with Gasteiger partial charge in [-0.1, -0.05) is 0 Å². The van der Waals surface area contributed by atoms with Crippen LogP contribution in [0.5, 0.6) is 0 Å². The molecule has 10 atom stereocenters. The van der Waals surface area contributed by atoms with Crippen molar-refractivity contribution in [1.29, 1.82) is 0 Å². The van der Waals surface area contributed by atoms with Gasteiger partial charge in [0.05, 0.1) is 25.9 Å². The maximum atomic E-state index is 15.9. The van der Waals surface area contributed by atoms with E-state index >= 15 is 8.78 Å². The molecule has 0 radical (unpaired) electrons. The molecule has 242 valence electrons. The molecule has 4 aliphatic heterocycles. The lowest BCUT2D eigenvalue weighted by atomic mass is 10.1. The van der Waals surface area contributed by atoms with E-state index in [4.69, 9.17) is 45.3 Å². The lowest BCUT2D eigenvalue weighted by Crippen LogP contribution is -2.36. The number of aromatic nitrogens is 6. The van der Waals surface area contributed by atoms with Crippen LogP contribution in [0.4, 0.5) is 20.4 Å². The molecule has 3 saturated heterocycles. The molecule has 0 amide bonds. The number of carbonyl (C=O) groups is 1. The molecule has 45 heavy (non-hydrogen) atoms. The van der Waals surface area contributed by atoms with Gasteiger partial charge in [-0.05, 0) is 11.8 Å². The number of carbonyl (C=O) groups excluding carboxylic acids is 1. The average Bonchev–Trinajstić information content (AvgIpc) is 3.75. The SMILES string of the molecule is Nc1ncnc2c1ncn2[C@@H]1O[C@@H]2COP(O)(=S)O[C@@H]3[C@H](F)[C@@H](COP(=O)(O)CO[C@H]2[C@H]1F)O[C@H]3n1cnc2c1N=CCC2=O. The fourth-order valence-electron chi connectivity index (χ4n) is 5.41. The van der Waals surface area contributed by atoms with E-state index in [-0.39, 0.29) is 40.7 Å². The van der Waals surface area contributed by atoms with Crippen LogP contribution in [0.2, 0.25) is 0 Å². The van der Waals surface area contributed by atoms with Gasteiger partial charge in [0.1, 0.15) is 42.6 Å². The Hall–Kier alpha value is -2.68. The van der Waals surface area contributed by atoms with Crippen molar-refractivity contribution in [2.45, 2.75) is 55.6 Å². The second-order valence-electron chi connectivity index (χ2n) is 10.4. The second kappa shape index (κ2) is 11.5. The van der Waals surface area contributed by atoms with Crippen LogP contribution in [0.3, 0.4) is 0 Å². The fourth-order valence-corrected chi connectivity index (χ4v) is 7.63. The monoisotopic (exact) mass is 692 g/mol. The van der Waals surface area contributed by atoms with Crippen LogP contribution < -0.4 is 5.73 Å². The van der Waals surface area contributed by atoms with Gasteiger partial charge >= 0.3 is 14.3 Å². The fraction of sp³-hybridized carbons (Fsp3) is 0.545. The Balaban J connectivity index is 1.18. The van der Waals surface area contributed by atoms with Gasteiger partial charge in [0, 0.05) is 12.6 Å². The zero-order valence-electron chi connectivity index (χ0n) is 22.7. The molecule has 7 rings (SSSR count). The summed E-state index contributed by atoms with van der Waals surface area (Å²) in [5.74, 6) is -0.248. The number of fused-ring (bicyclic) bond motifs is 5. The first-order valence-corrected chi connectivity index (χ1v) is 17.7. The summed E-state index contributed by atoms with van der Waals surface area (Å²) in [6.45, 7) is -5.76. The van der Waals surface area contributed by atoms with Crippen LogP contribution >= 0.6 is 14.3 Å². The third-order valence-electron chi connectivity index (χ3n) is 7.52. The average molecular weight is 692 g/mol. The minimum Gasteiger partial charge on any atom is -0.382 e. The number of nitrogens with zero attached hydrogens (tertiary/aromatic N) is 7. The van der Waals surface area contributed by atoms with E-state index in [0.717, 1.165) is 6.33 Å². The largest absolute Gasteiger partial charge is 0.382 e. The number of hydrogen-bond donors (Lipinski definition) is 3. The van der Waals surface area contributed by atoms with E-state index in [1.165, 1.54) is 28.0 Å². The highest BCUT2D eigenvalue weighted by atomic mass is 32.5. The number of rotatable bonds is 2. The summed E-state index contributed by atoms with van der Waals surface area (Å²) >= 11 is 5.17. The molecule has 3 fully saturated rings. The van der Waals surface area contributed by atoms with Crippen LogP contribution in [0, 0.1) is 0 Å². The summed E-state index contributed by atoms with van der Waals surface area (Å²) in [4.78, 5) is 54.0. The molecule has 3 aromatic heterocycles.